The Labute approximate surface area is 134 Å². The second-order valence-corrected chi connectivity index (χ2v) is 6.45. The number of aromatic nitrogens is 1. The highest BCUT2D eigenvalue weighted by molar-refractivity contribution is 7.92. The highest BCUT2D eigenvalue weighted by Crippen LogP contribution is 2.25. The molecular weight excluding hydrogens is 320 g/mol. The van der Waals surface area contributed by atoms with Crippen LogP contribution >= 0.6 is 0 Å². The van der Waals surface area contributed by atoms with Crippen LogP contribution in [0.3, 0.4) is 0 Å². The lowest BCUT2D eigenvalue weighted by molar-refractivity contribution is 0.0600. The number of esters is 1. The summed E-state index contributed by atoms with van der Waals surface area (Å²) in [5.41, 5.74) is 0.448. The van der Waals surface area contributed by atoms with E-state index in [1.54, 1.807) is 6.92 Å². The lowest BCUT2D eigenvalue weighted by Crippen LogP contribution is -2.31. The summed E-state index contributed by atoms with van der Waals surface area (Å²) < 4.78 is 31.3. The van der Waals surface area contributed by atoms with Gasteiger partial charge in [0, 0.05) is 18.9 Å². The Morgan fingerprint density at radius 1 is 1.26 bits per heavy atom. The molecule has 0 aliphatic rings. The summed E-state index contributed by atoms with van der Waals surface area (Å²) in [6.07, 6.45) is 2.41. The maximum Gasteiger partial charge on any atom is 0.339 e. The zero-order chi connectivity index (χ0) is 17.0. The van der Waals surface area contributed by atoms with Gasteiger partial charge in [-0.05, 0) is 37.3 Å². The molecule has 0 atom stereocenters. The van der Waals surface area contributed by atoms with Crippen molar-refractivity contribution < 1.29 is 23.1 Å². The molecule has 0 spiro atoms. The molecule has 0 radical (unpaired) electrons. The van der Waals surface area contributed by atoms with Crippen LogP contribution in [0, 0.1) is 0 Å². The fraction of sp³-hybridized carbons (Fsp3) is 0.200. The first kappa shape index (κ1) is 16.8. The van der Waals surface area contributed by atoms with Crippen LogP contribution in [0.2, 0.25) is 0 Å². The SMILES string of the molecule is CCN(c1ccc(O)cc1)S(=O)(=O)c1cncc(C(=O)OC)c1. The lowest BCUT2D eigenvalue weighted by Gasteiger charge is -2.22. The van der Waals surface area contributed by atoms with Gasteiger partial charge >= 0.3 is 5.97 Å². The number of sulfonamides is 1. The Bertz CT molecular complexity index is 803. The standard InChI is InChI=1S/C15H16N2O5S/c1-3-17(12-4-6-13(18)7-5-12)23(20,21)14-8-11(9-16-10-14)15(19)22-2/h4-10,18H,3H2,1-2H3. The topological polar surface area (TPSA) is 96.8 Å². The van der Waals surface area contributed by atoms with E-state index in [9.17, 15) is 18.3 Å². The van der Waals surface area contributed by atoms with Crippen LogP contribution in [0.25, 0.3) is 0 Å². The third kappa shape index (κ3) is 3.42. The number of aromatic hydroxyl groups is 1. The van der Waals surface area contributed by atoms with Gasteiger partial charge in [-0.1, -0.05) is 0 Å². The van der Waals surface area contributed by atoms with Gasteiger partial charge in [-0.15, -0.1) is 0 Å². The molecule has 1 heterocycles. The van der Waals surface area contributed by atoms with Crippen molar-refractivity contribution in [2.75, 3.05) is 18.0 Å². The Morgan fingerprint density at radius 3 is 2.48 bits per heavy atom. The van der Waals surface area contributed by atoms with Crippen molar-refractivity contribution >= 4 is 21.7 Å². The van der Waals surface area contributed by atoms with Crippen LogP contribution in [-0.2, 0) is 14.8 Å². The third-order valence-electron chi connectivity index (χ3n) is 3.15. The quantitative estimate of drug-likeness (QED) is 0.836. The first-order valence-corrected chi connectivity index (χ1v) is 8.19. The summed E-state index contributed by atoms with van der Waals surface area (Å²) >= 11 is 0. The van der Waals surface area contributed by atoms with Gasteiger partial charge in [0.05, 0.1) is 18.4 Å². The highest BCUT2D eigenvalue weighted by atomic mass is 32.2. The van der Waals surface area contributed by atoms with Gasteiger partial charge in [0.2, 0.25) is 0 Å². The number of carbonyl (C=O) groups excluding carboxylic acids is 1. The van der Waals surface area contributed by atoms with Crippen molar-refractivity contribution in [1.29, 1.82) is 0 Å². The number of phenols is 1. The molecule has 1 aromatic heterocycles. The largest absolute Gasteiger partial charge is 0.508 e. The van der Waals surface area contributed by atoms with Gasteiger partial charge in [-0.25, -0.2) is 13.2 Å². The molecule has 1 N–H and O–H groups in total. The first-order valence-electron chi connectivity index (χ1n) is 6.75. The molecule has 0 bridgehead atoms. The summed E-state index contributed by atoms with van der Waals surface area (Å²) in [4.78, 5) is 15.2. The minimum absolute atomic E-state index is 0.0385. The van der Waals surface area contributed by atoms with E-state index < -0.39 is 16.0 Å². The minimum atomic E-state index is -3.90. The number of hydrogen-bond donors (Lipinski definition) is 1. The van der Waals surface area contributed by atoms with Crippen molar-refractivity contribution in [2.45, 2.75) is 11.8 Å². The van der Waals surface area contributed by atoms with E-state index >= 15 is 0 Å². The normalized spacial score (nSPS) is 11.0. The molecule has 1 aromatic carbocycles. The van der Waals surface area contributed by atoms with Crippen LogP contribution in [0.15, 0.2) is 47.6 Å². The van der Waals surface area contributed by atoms with Gasteiger partial charge in [0.25, 0.3) is 10.0 Å². The fourth-order valence-electron chi connectivity index (χ4n) is 2.03. The summed E-state index contributed by atoms with van der Waals surface area (Å²) in [6.45, 7) is 1.86. The maximum absolute atomic E-state index is 12.8. The van der Waals surface area contributed by atoms with E-state index in [4.69, 9.17) is 0 Å². The van der Waals surface area contributed by atoms with Gasteiger partial charge < -0.3 is 9.84 Å². The fourth-order valence-corrected chi connectivity index (χ4v) is 3.49. The summed E-state index contributed by atoms with van der Waals surface area (Å²) in [5.74, 6) is -0.626. The number of pyridine rings is 1. The molecule has 0 fully saturated rings. The van der Waals surface area contributed by atoms with Crippen molar-refractivity contribution in [3.8, 4) is 5.75 Å². The van der Waals surface area contributed by atoms with Crippen LogP contribution in [-0.4, -0.2) is 38.1 Å². The molecule has 0 amide bonds. The van der Waals surface area contributed by atoms with Crippen molar-refractivity contribution in [3.05, 3.63) is 48.3 Å². The molecule has 0 saturated carbocycles. The number of phenolic OH excluding ortho intramolecular Hbond substituents is 1. The summed E-state index contributed by atoms with van der Waals surface area (Å²) in [7, 11) is -2.69. The third-order valence-corrected chi connectivity index (χ3v) is 5.02. The van der Waals surface area contributed by atoms with E-state index in [0.717, 1.165) is 4.31 Å². The van der Waals surface area contributed by atoms with Crippen LogP contribution in [0.1, 0.15) is 17.3 Å². The van der Waals surface area contributed by atoms with E-state index in [1.165, 1.54) is 49.8 Å². The van der Waals surface area contributed by atoms with Gasteiger partial charge in [-0.3, -0.25) is 9.29 Å². The van der Waals surface area contributed by atoms with Crippen molar-refractivity contribution in [1.82, 2.24) is 4.98 Å². The van der Waals surface area contributed by atoms with Gasteiger partial charge in [0.15, 0.2) is 0 Å². The van der Waals surface area contributed by atoms with Crippen molar-refractivity contribution in [2.24, 2.45) is 0 Å². The first-order chi connectivity index (χ1) is 10.9. The molecule has 0 aliphatic carbocycles. The second-order valence-electron chi connectivity index (χ2n) is 4.59. The lowest BCUT2D eigenvalue weighted by atomic mass is 10.3. The number of rotatable bonds is 5. The Hall–Kier alpha value is -2.61. The molecule has 0 saturated heterocycles. The van der Waals surface area contributed by atoms with E-state index in [1.807, 2.05) is 0 Å². The number of nitrogens with zero attached hydrogens (tertiary/aromatic N) is 2. The molecule has 7 nitrogen and oxygen atoms in total. The van der Waals surface area contributed by atoms with Crippen molar-refractivity contribution in [3.63, 3.8) is 0 Å². The van der Waals surface area contributed by atoms with Gasteiger partial charge in [0.1, 0.15) is 10.6 Å². The molecule has 2 aromatic rings. The van der Waals surface area contributed by atoms with E-state index in [2.05, 4.69) is 9.72 Å². The van der Waals surface area contributed by atoms with E-state index in [-0.39, 0.29) is 22.8 Å². The number of ether oxygens (including phenoxy) is 1. The second kappa shape index (κ2) is 6.66. The Balaban J connectivity index is 2.47. The number of hydrogen-bond acceptors (Lipinski definition) is 6. The highest BCUT2D eigenvalue weighted by Gasteiger charge is 2.25. The Morgan fingerprint density at radius 2 is 1.91 bits per heavy atom. The van der Waals surface area contributed by atoms with Gasteiger partial charge in [-0.2, -0.15) is 0 Å². The minimum Gasteiger partial charge on any atom is -0.508 e. The number of carbonyl (C=O) groups is 1. The van der Waals surface area contributed by atoms with Crippen LogP contribution < -0.4 is 4.31 Å². The smallest absolute Gasteiger partial charge is 0.339 e. The predicted octanol–water partition coefficient (Wildman–Crippen LogP) is 1.79. The number of anilines is 1. The summed E-state index contributed by atoms with van der Waals surface area (Å²) in [5, 5.41) is 9.33. The zero-order valence-corrected chi connectivity index (χ0v) is 13.4. The molecule has 122 valence electrons. The average Bonchev–Trinajstić information content (AvgIpc) is 2.56. The summed E-state index contributed by atoms with van der Waals surface area (Å²) in [6, 6.07) is 7.01. The zero-order valence-electron chi connectivity index (χ0n) is 12.6. The molecule has 8 heteroatoms. The predicted molar refractivity (Wildman–Crippen MR) is 83.9 cm³/mol. The molecule has 23 heavy (non-hydrogen) atoms. The molecule has 0 unspecified atom stereocenters. The van der Waals surface area contributed by atoms with Crippen LogP contribution in [0.5, 0.6) is 5.75 Å². The molecule has 2 rings (SSSR count). The monoisotopic (exact) mass is 336 g/mol. The molecular formula is C15H16N2O5S. The maximum atomic E-state index is 12.8. The molecule has 0 aliphatic heterocycles. The average molecular weight is 336 g/mol. The van der Waals surface area contributed by atoms with E-state index in [0.29, 0.717) is 5.69 Å². The Kier molecular flexibility index (Phi) is 4.85. The van der Waals surface area contributed by atoms with Crippen LogP contribution in [0.4, 0.5) is 5.69 Å². The number of benzene rings is 1. The number of methoxy groups -OCH3 is 1.